The molecule has 5 heterocycles. The normalized spacial score (nSPS) is 23.0. The molecular weight excluding hydrogens is 631 g/mol. The zero-order chi connectivity index (χ0) is 34.0. The number of amides is 2. The summed E-state index contributed by atoms with van der Waals surface area (Å²) in [6.07, 6.45) is 2.95. The Hall–Kier alpha value is -3.35. The summed E-state index contributed by atoms with van der Waals surface area (Å²) < 4.78 is 21.1. The van der Waals surface area contributed by atoms with Crippen molar-refractivity contribution < 1.29 is 23.6 Å². The van der Waals surface area contributed by atoms with Crippen LogP contribution in [0.4, 0.5) is 10.2 Å². The minimum absolute atomic E-state index is 0.0814. The van der Waals surface area contributed by atoms with E-state index in [0.717, 1.165) is 60.7 Å². The van der Waals surface area contributed by atoms with Crippen LogP contribution in [0.1, 0.15) is 88.3 Å². The first-order valence-electron chi connectivity index (χ1n) is 17.4. The first-order valence-corrected chi connectivity index (χ1v) is 18.3. The maximum absolute atomic E-state index is 15.3. The zero-order valence-corrected chi connectivity index (χ0v) is 29.3. The van der Waals surface area contributed by atoms with E-state index in [4.69, 9.17) is 4.52 Å². The van der Waals surface area contributed by atoms with Crippen molar-refractivity contribution in [1.29, 1.82) is 0 Å². The SMILES string of the molecule is Cc1ncsc1-c1ccc([C@H](C)NC(=O)[C@@H]2C[C@@H](O)CN2C(=O)[C@H](c2cc(N3CCC(CC4(F)CCNCC4)CC3)no2)C(C)C)cc1. The van der Waals surface area contributed by atoms with Crippen LogP contribution in [-0.2, 0) is 9.59 Å². The molecule has 1 aromatic carbocycles. The van der Waals surface area contributed by atoms with Crippen molar-refractivity contribution in [3.63, 3.8) is 0 Å². The van der Waals surface area contributed by atoms with Gasteiger partial charge >= 0.3 is 0 Å². The number of β-amino-alcohol motifs (C(OH)–C–C–N with tert-alkyl or cyclic N) is 1. The third kappa shape index (κ3) is 7.60. The van der Waals surface area contributed by atoms with Gasteiger partial charge in [0.05, 0.1) is 28.2 Å². The molecule has 6 rings (SSSR count). The van der Waals surface area contributed by atoms with Crippen LogP contribution >= 0.6 is 11.3 Å². The molecule has 2 amide bonds. The molecule has 3 aromatic rings. The topological polar surface area (TPSA) is 124 Å². The molecule has 48 heavy (non-hydrogen) atoms. The Morgan fingerprint density at radius 2 is 1.88 bits per heavy atom. The summed E-state index contributed by atoms with van der Waals surface area (Å²) in [7, 11) is 0. The predicted octanol–water partition coefficient (Wildman–Crippen LogP) is 5.38. The number of carbonyl (C=O) groups excluding carboxylic acids is 2. The van der Waals surface area contributed by atoms with Crippen LogP contribution in [-0.4, -0.2) is 82.5 Å². The lowest BCUT2D eigenvalue weighted by Gasteiger charge is -2.37. The Morgan fingerprint density at radius 1 is 1.17 bits per heavy atom. The summed E-state index contributed by atoms with van der Waals surface area (Å²) in [6, 6.07) is 8.81. The van der Waals surface area contributed by atoms with Gasteiger partial charge in [0.1, 0.15) is 17.6 Å². The first kappa shape index (κ1) is 34.5. The molecule has 3 aliphatic rings. The van der Waals surface area contributed by atoms with Crippen LogP contribution < -0.4 is 15.5 Å². The summed E-state index contributed by atoms with van der Waals surface area (Å²) >= 11 is 1.60. The highest BCUT2D eigenvalue weighted by Crippen LogP contribution is 2.37. The summed E-state index contributed by atoms with van der Waals surface area (Å²) in [5, 5.41) is 21.3. The number of carbonyl (C=O) groups is 2. The van der Waals surface area contributed by atoms with Crippen LogP contribution in [0.15, 0.2) is 40.4 Å². The number of likely N-dealkylation sites (tertiary alicyclic amines) is 1. The molecule has 3 saturated heterocycles. The number of alkyl halides is 1. The van der Waals surface area contributed by atoms with Gasteiger partial charge in [-0.3, -0.25) is 9.59 Å². The minimum atomic E-state index is -1.06. The van der Waals surface area contributed by atoms with Crippen molar-refractivity contribution in [1.82, 2.24) is 25.7 Å². The maximum Gasteiger partial charge on any atom is 0.243 e. The molecule has 12 heteroatoms. The molecule has 0 saturated carbocycles. The van der Waals surface area contributed by atoms with Gasteiger partial charge in [0.15, 0.2) is 11.6 Å². The number of benzene rings is 1. The van der Waals surface area contributed by atoms with Gasteiger partial charge in [0, 0.05) is 32.1 Å². The Labute approximate surface area is 286 Å². The molecule has 0 spiro atoms. The van der Waals surface area contributed by atoms with Crippen LogP contribution in [0.25, 0.3) is 10.4 Å². The Kier molecular flexibility index (Phi) is 10.5. The van der Waals surface area contributed by atoms with Crippen LogP contribution in [0.2, 0.25) is 0 Å². The molecule has 0 unspecified atom stereocenters. The Morgan fingerprint density at radius 3 is 2.52 bits per heavy atom. The number of nitrogens with one attached hydrogen (secondary N) is 2. The van der Waals surface area contributed by atoms with E-state index in [2.05, 4.69) is 25.7 Å². The number of aliphatic hydroxyl groups is 1. The number of thiazole rings is 1. The Balaban J connectivity index is 1.08. The third-order valence-electron chi connectivity index (χ3n) is 10.5. The molecule has 2 aromatic heterocycles. The predicted molar refractivity (Wildman–Crippen MR) is 185 cm³/mol. The Bertz CT molecular complexity index is 1550. The lowest BCUT2D eigenvalue weighted by atomic mass is 9.81. The number of aliphatic hydroxyl groups excluding tert-OH is 1. The molecule has 3 aliphatic heterocycles. The molecule has 0 radical (unpaired) electrons. The van der Waals surface area contributed by atoms with E-state index in [1.807, 2.05) is 63.5 Å². The van der Waals surface area contributed by atoms with E-state index in [9.17, 15) is 14.7 Å². The smallest absolute Gasteiger partial charge is 0.243 e. The number of rotatable bonds is 10. The van der Waals surface area contributed by atoms with E-state index < -0.39 is 23.7 Å². The van der Waals surface area contributed by atoms with E-state index >= 15 is 4.39 Å². The largest absolute Gasteiger partial charge is 0.391 e. The van der Waals surface area contributed by atoms with Crippen molar-refractivity contribution >= 4 is 29.0 Å². The molecule has 4 atom stereocenters. The maximum atomic E-state index is 15.3. The summed E-state index contributed by atoms with van der Waals surface area (Å²) in [4.78, 5) is 36.8. The second-order valence-corrected chi connectivity index (χ2v) is 15.2. The number of hydrogen-bond donors (Lipinski definition) is 3. The van der Waals surface area contributed by atoms with Gasteiger partial charge in [0.25, 0.3) is 0 Å². The number of anilines is 1. The van der Waals surface area contributed by atoms with Gasteiger partial charge in [-0.25, -0.2) is 9.37 Å². The number of aryl methyl sites for hydroxylation is 1. The van der Waals surface area contributed by atoms with E-state index in [-0.39, 0.29) is 36.7 Å². The number of aromatic nitrogens is 2. The summed E-state index contributed by atoms with van der Waals surface area (Å²) in [5.41, 5.74) is 3.78. The molecular formula is C36H49FN6O4S. The molecule has 0 bridgehead atoms. The molecule has 0 aliphatic carbocycles. The monoisotopic (exact) mass is 680 g/mol. The second-order valence-electron chi connectivity index (χ2n) is 14.4. The van der Waals surface area contributed by atoms with Gasteiger partial charge in [-0.05, 0) is 82.0 Å². The fourth-order valence-electron chi connectivity index (χ4n) is 7.65. The molecule has 260 valence electrons. The number of halogens is 1. The number of hydrogen-bond acceptors (Lipinski definition) is 9. The van der Waals surface area contributed by atoms with E-state index in [1.165, 1.54) is 4.90 Å². The first-order chi connectivity index (χ1) is 23.0. The standard InChI is InChI=1S/C36H49FN6O4S/c1-22(2)32(30-18-31(41-47-30)42-15-9-25(10-16-42)19-36(37)11-13-38-14-12-36)35(46)43-20-28(44)17-29(43)34(45)40-23(3)26-5-7-27(8-6-26)33-24(4)39-21-48-33/h5-8,18,21-23,25,28-29,32,38,44H,9-17,19-20H2,1-4H3,(H,40,45)/t23-,28+,29-,32-/m0/s1. The van der Waals surface area contributed by atoms with Gasteiger partial charge in [-0.2, -0.15) is 0 Å². The van der Waals surface area contributed by atoms with Gasteiger partial charge in [-0.15, -0.1) is 11.3 Å². The average Bonchev–Trinajstić information content (AvgIpc) is 3.82. The van der Waals surface area contributed by atoms with Crippen molar-refractivity contribution in [3.8, 4) is 10.4 Å². The van der Waals surface area contributed by atoms with E-state index in [1.54, 1.807) is 11.3 Å². The lowest BCUT2D eigenvalue weighted by Crippen LogP contribution is -2.48. The van der Waals surface area contributed by atoms with Crippen LogP contribution in [0, 0.1) is 18.8 Å². The number of piperidine rings is 2. The van der Waals surface area contributed by atoms with Crippen LogP contribution in [0.5, 0.6) is 0 Å². The fraction of sp³-hybridized carbons (Fsp3) is 0.611. The third-order valence-corrected chi connectivity index (χ3v) is 11.5. The van der Waals surface area contributed by atoms with Gasteiger partial charge in [-0.1, -0.05) is 43.3 Å². The summed E-state index contributed by atoms with van der Waals surface area (Å²) in [5.74, 6) is 0.148. The highest BCUT2D eigenvalue weighted by molar-refractivity contribution is 7.13. The quantitative estimate of drug-likeness (QED) is 0.261. The number of nitrogens with zero attached hydrogens (tertiary/aromatic N) is 4. The molecule has 3 N–H and O–H groups in total. The molecule has 10 nitrogen and oxygen atoms in total. The van der Waals surface area contributed by atoms with Crippen molar-refractivity contribution in [2.24, 2.45) is 11.8 Å². The van der Waals surface area contributed by atoms with Gasteiger partial charge < -0.3 is 30.1 Å². The van der Waals surface area contributed by atoms with Crippen LogP contribution in [0.3, 0.4) is 0 Å². The van der Waals surface area contributed by atoms with Crippen molar-refractivity contribution in [3.05, 3.63) is 52.9 Å². The molecule has 3 fully saturated rings. The highest BCUT2D eigenvalue weighted by atomic mass is 32.1. The van der Waals surface area contributed by atoms with Crippen molar-refractivity contribution in [2.45, 2.75) is 96.0 Å². The average molecular weight is 681 g/mol. The summed E-state index contributed by atoms with van der Waals surface area (Å²) in [6.45, 7) is 10.9. The highest BCUT2D eigenvalue weighted by Gasteiger charge is 2.44. The zero-order valence-electron chi connectivity index (χ0n) is 28.5. The second kappa shape index (κ2) is 14.6. The fourth-order valence-corrected chi connectivity index (χ4v) is 8.46. The minimum Gasteiger partial charge on any atom is -0.391 e. The van der Waals surface area contributed by atoms with Crippen molar-refractivity contribution in [2.75, 3.05) is 37.6 Å². The lowest BCUT2D eigenvalue weighted by molar-refractivity contribution is -0.141. The van der Waals surface area contributed by atoms with E-state index in [0.29, 0.717) is 36.8 Å². The van der Waals surface area contributed by atoms with Gasteiger partial charge in [0.2, 0.25) is 11.8 Å².